The summed E-state index contributed by atoms with van der Waals surface area (Å²) in [6.45, 7) is 8.33. The Morgan fingerprint density at radius 1 is 1.36 bits per heavy atom. The molecule has 0 aliphatic carbocycles. The molecule has 1 fully saturated rings. The molecule has 0 bridgehead atoms. The Morgan fingerprint density at radius 2 is 2.08 bits per heavy atom. The molecule has 1 aliphatic heterocycles. The lowest BCUT2D eigenvalue weighted by atomic mass is 10.0. The van der Waals surface area contributed by atoms with Crippen LogP contribution in [-0.2, 0) is 6.42 Å². The fourth-order valence-electron chi connectivity index (χ4n) is 3.68. The lowest BCUT2D eigenvalue weighted by Gasteiger charge is -2.18. The van der Waals surface area contributed by atoms with Gasteiger partial charge in [-0.2, -0.15) is 0 Å². The van der Waals surface area contributed by atoms with E-state index < -0.39 is 0 Å². The number of hydrogen-bond acceptors (Lipinski definition) is 4. The molecule has 2 heterocycles. The maximum atomic E-state index is 13.1. The van der Waals surface area contributed by atoms with Crippen LogP contribution in [0.3, 0.4) is 0 Å². The van der Waals surface area contributed by atoms with Gasteiger partial charge in [0, 0.05) is 6.42 Å². The van der Waals surface area contributed by atoms with Crippen LogP contribution >= 0.6 is 0 Å². The van der Waals surface area contributed by atoms with Gasteiger partial charge in [-0.25, -0.2) is 9.66 Å². The van der Waals surface area contributed by atoms with Crippen LogP contribution in [0.25, 0.3) is 10.9 Å². The molecule has 1 aliphatic rings. The van der Waals surface area contributed by atoms with Crippen LogP contribution in [0.2, 0.25) is 0 Å². The highest BCUT2D eigenvalue weighted by atomic mass is 16.3. The van der Waals surface area contributed by atoms with E-state index in [2.05, 4.69) is 31.8 Å². The van der Waals surface area contributed by atoms with Gasteiger partial charge in [0.05, 0.1) is 29.1 Å². The van der Waals surface area contributed by atoms with Gasteiger partial charge in [0.15, 0.2) is 0 Å². The van der Waals surface area contributed by atoms with Crippen molar-refractivity contribution in [3.63, 3.8) is 0 Å². The number of hydrogen-bond donors (Lipinski definition) is 1. The minimum absolute atomic E-state index is 0.0355. The minimum Gasteiger partial charge on any atom is -0.394 e. The van der Waals surface area contributed by atoms with Crippen molar-refractivity contribution in [3.05, 3.63) is 52.1 Å². The van der Waals surface area contributed by atoms with Crippen molar-refractivity contribution in [2.75, 3.05) is 11.6 Å². The van der Waals surface area contributed by atoms with E-state index in [-0.39, 0.29) is 23.7 Å². The fourth-order valence-corrected chi connectivity index (χ4v) is 3.68. The molecule has 0 radical (unpaired) electrons. The van der Waals surface area contributed by atoms with Crippen LogP contribution in [0, 0.1) is 0 Å². The zero-order valence-electron chi connectivity index (χ0n) is 15.5. The normalized spacial score (nSPS) is 22.3. The summed E-state index contributed by atoms with van der Waals surface area (Å²) < 4.78 is 1.70. The van der Waals surface area contributed by atoms with E-state index in [9.17, 15) is 9.90 Å². The highest BCUT2D eigenvalue weighted by Gasteiger charge is 2.59. The maximum Gasteiger partial charge on any atom is 0.280 e. The van der Waals surface area contributed by atoms with Crippen LogP contribution < -0.4 is 10.6 Å². The Bertz CT molecular complexity index is 867. The summed E-state index contributed by atoms with van der Waals surface area (Å²) in [6, 6.07) is 7.40. The summed E-state index contributed by atoms with van der Waals surface area (Å²) >= 11 is 0. The zero-order valence-corrected chi connectivity index (χ0v) is 15.5. The number of para-hydroxylation sites is 1. The van der Waals surface area contributed by atoms with Gasteiger partial charge >= 0.3 is 0 Å². The smallest absolute Gasteiger partial charge is 0.280 e. The second kappa shape index (κ2) is 6.64. The molecule has 1 saturated heterocycles. The van der Waals surface area contributed by atoms with E-state index in [0.29, 0.717) is 11.8 Å². The number of benzene rings is 1. The molecular formula is C20H27N3O2. The molecule has 1 aromatic heterocycles. The molecule has 0 spiro atoms. The molecule has 134 valence electrons. The van der Waals surface area contributed by atoms with Gasteiger partial charge < -0.3 is 5.11 Å². The number of nitrogens with zero attached hydrogens (tertiary/aromatic N) is 3. The average molecular weight is 341 g/mol. The van der Waals surface area contributed by atoms with Crippen molar-refractivity contribution in [1.82, 2.24) is 9.66 Å². The van der Waals surface area contributed by atoms with Gasteiger partial charge in [-0.3, -0.25) is 9.80 Å². The molecule has 1 N–H and O–H groups in total. The second-order valence-corrected chi connectivity index (χ2v) is 7.24. The second-order valence-electron chi connectivity index (χ2n) is 7.24. The molecule has 0 amide bonds. The Hall–Kier alpha value is -2.14. The summed E-state index contributed by atoms with van der Waals surface area (Å²) in [5, 5.41) is 12.5. The number of allylic oxidation sites excluding steroid dienone is 2. The van der Waals surface area contributed by atoms with Gasteiger partial charge in [0.2, 0.25) is 0 Å². The molecule has 5 heteroatoms. The third-order valence-electron chi connectivity index (χ3n) is 5.20. The SMILES string of the molecule is CCc1nc2ccccc2c(=O)n1N1[C@H](CO)[C@@]1(C)CCC=C(C)C. The molecule has 0 unspecified atom stereocenters. The van der Waals surface area contributed by atoms with E-state index in [1.807, 2.05) is 36.2 Å². The lowest BCUT2D eigenvalue weighted by Crippen LogP contribution is -2.37. The molecule has 2 atom stereocenters. The molecule has 25 heavy (non-hydrogen) atoms. The monoisotopic (exact) mass is 341 g/mol. The van der Waals surface area contributed by atoms with Crippen LogP contribution in [-0.4, -0.2) is 33.0 Å². The quantitative estimate of drug-likeness (QED) is 0.648. The van der Waals surface area contributed by atoms with Crippen molar-refractivity contribution in [2.45, 2.75) is 58.5 Å². The topological polar surface area (TPSA) is 58.1 Å². The van der Waals surface area contributed by atoms with Crippen LogP contribution in [0.15, 0.2) is 40.7 Å². The van der Waals surface area contributed by atoms with Gasteiger partial charge in [-0.15, -0.1) is 0 Å². The van der Waals surface area contributed by atoms with Gasteiger partial charge in [0.1, 0.15) is 5.82 Å². The molecule has 0 saturated carbocycles. The van der Waals surface area contributed by atoms with E-state index in [4.69, 9.17) is 0 Å². The largest absolute Gasteiger partial charge is 0.394 e. The summed E-state index contributed by atoms with van der Waals surface area (Å²) in [4.78, 5) is 17.8. The van der Waals surface area contributed by atoms with E-state index in [0.717, 1.165) is 24.2 Å². The summed E-state index contributed by atoms with van der Waals surface area (Å²) in [5.41, 5.74) is 1.75. The summed E-state index contributed by atoms with van der Waals surface area (Å²) in [5.74, 6) is 0.744. The highest BCUT2D eigenvalue weighted by Crippen LogP contribution is 2.42. The van der Waals surface area contributed by atoms with Gasteiger partial charge in [-0.05, 0) is 45.7 Å². The van der Waals surface area contributed by atoms with Crippen LogP contribution in [0.4, 0.5) is 0 Å². The van der Waals surface area contributed by atoms with Crippen molar-refractivity contribution >= 4 is 10.9 Å². The number of aryl methyl sites for hydroxylation is 1. The van der Waals surface area contributed by atoms with Crippen LogP contribution in [0.5, 0.6) is 0 Å². The zero-order chi connectivity index (χ0) is 18.2. The third-order valence-corrected chi connectivity index (χ3v) is 5.20. The minimum atomic E-state index is -0.224. The first-order valence-electron chi connectivity index (χ1n) is 8.98. The molecule has 3 rings (SSSR count). The number of aliphatic hydroxyl groups is 1. The Kier molecular flexibility index (Phi) is 4.69. The van der Waals surface area contributed by atoms with Crippen molar-refractivity contribution in [3.8, 4) is 0 Å². The summed E-state index contributed by atoms with van der Waals surface area (Å²) in [7, 11) is 0. The first kappa shape index (κ1) is 17.7. The van der Waals surface area contributed by atoms with E-state index in [1.54, 1.807) is 4.68 Å². The van der Waals surface area contributed by atoms with E-state index >= 15 is 0 Å². The number of rotatable bonds is 6. The Balaban J connectivity index is 2.04. The maximum absolute atomic E-state index is 13.1. The molecular weight excluding hydrogens is 314 g/mol. The molecule has 1 aromatic carbocycles. The van der Waals surface area contributed by atoms with E-state index in [1.165, 1.54) is 5.57 Å². The number of fused-ring (bicyclic) bond motifs is 1. The van der Waals surface area contributed by atoms with Crippen molar-refractivity contribution in [1.29, 1.82) is 0 Å². The van der Waals surface area contributed by atoms with Gasteiger partial charge in [0.25, 0.3) is 5.56 Å². The molecule has 2 aromatic rings. The first-order valence-corrected chi connectivity index (χ1v) is 8.98. The predicted octanol–water partition coefficient (Wildman–Crippen LogP) is 2.78. The average Bonchev–Trinajstić information content (AvgIpc) is 3.17. The van der Waals surface area contributed by atoms with Crippen LogP contribution in [0.1, 0.15) is 46.4 Å². The highest BCUT2D eigenvalue weighted by molar-refractivity contribution is 5.77. The lowest BCUT2D eigenvalue weighted by molar-refractivity contribution is 0.287. The number of aromatic nitrogens is 2. The van der Waals surface area contributed by atoms with Crippen molar-refractivity contribution < 1.29 is 5.11 Å². The summed E-state index contributed by atoms with van der Waals surface area (Å²) in [6.07, 6.45) is 4.70. The van der Waals surface area contributed by atoms with Crippen molar-refractivity contribution in [2.24, 2.45) is 0 Å². The van der Waals surface area contributed by atoms with Gasteiger partial charge in [-0.1, -0.05) is 30.7 Å². The first-order chi connectivity index (χ1) is 11.9. The molecule has 5 nitrogen and oxygen atoms in total. The Labute approximate surface area is 148 Å². The fraction of sp³-hybridized carbons (Fsp3) is 0.500. The predicted molar refractivity (Wildman–Crippen MR) is 102 cm³/mol. The number of aliphatic hydroxyl groups excluding tert-OH is 1. The Morgan fingerprint density at radius 3 is 2.72 bits per heavy atom. The standard InChI is InChI=1S/C20H27N3O2/c1-5-18-21-16-11-7-6-10-15(16)19(25)22(18)23-17(13-24)20(23,4)12-8-9-14(2)3/h6-7,9-11,17,24H,5,8,12-13H2,1-4H3/t17-,20-,23?/m1/s1. The third kappa shape index (κ3) is 2.97.